The van der Waals surface area contributed by atoms with E-state index in [-0.39, 0.29) is 33.9 Å². The SMILES string of the molecule is Nc1nc2oc3ccccc3c(=O)c2cc1NC(=O)c1ccccc1. The normalized spacial score (nSPS) is 10.9. The Labute approximate surface area is 141 Å². The lowest BCUT2D eigenvalue weighted by Crippen LogP contribution is -2.14. The first-order valence-electron chi connectivity index (χ1n) is 7.62. The first-order valence-corrected chi connectivity index (χ1v) is 7.62. The van der Waals surface area contributed by atoms with Crippen molar-refractivity contribution >= 4 is 39.5 Å². The van der Waals surface area contributed by atoms with Crippen molar-refractivity contribution in [3.63, 3.8) is 0 Å². The highest BCUT2D eigenvalue weighted by Crippen LogP contribution is 2.24. The predicted molar refractivity (Wildman–Crippen MR) is 96.6 cm³/mol. The second kappa shape index (κ2) is 5.76. The zero-order chi connectivity index (χ0) is 17.4. The van der Waals surface area contributed by atoms with Gasteiger partial charge in [-0.15, -0.1) is 0 Å². The van der Waals surface area contributed by atoms with Gasteiger partial charge in [-0.05, 0) is 30.3 Å². The third-order valence-electron chi connectivity index (χ3n) is 3.88. The molecule has 1 amide bonds. The van der Waals surface area contributed by atoms with Gasteiger partial charge in [0.25, 0.3) is 5.91 Å². The molecule has 0 saturated heterocycles. The van der Waals surface area contributed by atoms with Gasteiger partial charge in [-0.2, -0.15) is 4.98 Å². The summed E-state index contributed by atoms with van der Waals surface area (Å²) >= 11 is 0. The molecular weight excluding hydrogens is 318 g/mol. The zero-order valence-electron chi connectivity index (χ0n) is 13.0. The minimum Gasteiger partial charge on any atom is -0.437 e. The highest BCUT2D eigenvalue weighted by atomic mass is 16.3. The average molecular weight is 331 g/mol. The van der Waals surface area contributed by atoms with E-state index >= 15 is 0 Å². The van der Waals surface area contributed by atoms with E-state index in [0.29, 0.717) is 16.5 Å². The molecule has 4 aromatic rings. The van der Waals surface area contributed by atoms with E-state index in [1.54, 1.807) is 48.5 Å². The van der Waals surface area contributed by atoms with Gasteiger partial charge >= 0.3 is 0 Å². The number of fused-ring (bicyclic) bond motifs is 2. The smallest absolute Gasteiger partial charge is 0.255 e. The van der Waals surface area contributed by atoms with Gasteiger partial charge in [0.1, 0.15) is 5.58 Å². The second-order valence-corrected chi connectivity index (χ2v) is 5.52. The van der Waals surface area contributed by atoms with Crippen LogP contribution in [0.25, 0.3) is 22.1 Å². The minimum absolute atomic E-state index is 0.0789. The molecule has 0 atom stereocenters. The van der Waals surface area contributed by atoms with Crippen molar-refractivity contribution < 1.29 is 9.21 Å². The van der Waals surface area contributed by atoms with Crippen LogP contribution in [0, 0.1) is 0 Å². The van der Waals surface area contributed by atoms with Gasteiger partial charge < -0.3 is 15.5 Å². The number of nitrogens with one attached hydrogen (secondary N) is 1. The average Bonchev–Trinajstić information content (AvgIpc) is 2.64. The van der Waals surface area contributed by atoms with Crippen molar-refractivity contribution in [3.05, 3.63) is 76.5 Å². The van der Waals surface area contributed by atoms with E-state index in [9.17, 15) is 9.59 Å². The Morgan fingerprint density at radius 3 is 2.52 bits per heavy atom. The number of nitrogen functional groups attached to an aromatic ring is 1. The van der Waals surface area contributed by atoms with Gasteiger partial charge in [-0.1, -0.05) is 30.3 Å². The van der Waals surface area contributed by atoms with Crippen LogP contribution in [0.4, 0.5) is 11.5 Å². The first kappa shape index (κ1) is 14.9. The Morgan fingerprint density at radius 1 is 1.00 bits per heavy atom. The number of hydrogen-bond donors (Lipinski definition) is 2. The lowest BCUT2D eigenvalue weighted by Gasteiger charge is -2.09. The van der Waals surface area contributed by atoms with Crippen LogP contribution >= 0.6 is 0 Å². The third-order valence-corrected chi connectivity index (χ3v) is 3.88. The fourth-order valence-corrected chi connectivity index (χ4v) is 2.63. The molecule has 3 N–H and O–H groups in total. The summed E-state index contributed by atoms with van der Waals surface area (Å²) < 4.78 is 5.65. The van der Waals surface area contributed by atoms with E-state index in [4.69, 9.17) is 10.2 Å². The van der Waals surface area contributed by atoms with Gasteiger partial charge in [0.05, 0.1) is 16.5 Å². The summed E-state index contributed by atoms with van der Waals surface area (Å²) in [5, 5.41) is 3.39. The molecule has 25 heavy (non-hydrogen) atoms. The Morgan fingerprint density at radius 2 is 1.72 bits per heavy atom. The lowest BCUT2D eigenvalue weighted by atomic mass is 10.1. The molecule has 2 heterocycles. The Kier molecular flexibility index (Phi) is 3.43. The van der Waals surface area contributed by atoms with Crippen molar-refractivity contribution in [2.45, 2.75) is 0 Å². The standard InChI is InChI=1S/C19H13N3O3/c20-17-14(21-18(24)11-6-2-1-3-7-11)10-13-16(23)12-8-4-5-9-15(12)25-19(13)22-17/h1-10H,(H2,20,22)(H,21,24). The van der Waals surface area contributed by atoms with Crippen LogP contribution < -0.4 is 16.5 Å². The minimum atomic E-state index is -0.335. The molecule has 0 saturated carbocycles. The summed E-state index contributed by atoms with van der Waals surface area (Å²) in [6, 6.07) is 17.1. The highest BCUT2D eigenvalue weighted by Gasteiger charge is 2.14. The Hall–Kier alpha value is -3.67. The van der Waals surface area contributed by atoms with Gasteiger partial charge in [-0.3, -0.25) is 9.59 Å². The molecule has 0 bridgehead atoms. The molecular formula is C19H13N3O3. The first-order chi connectivity index (χ1) is 12.1. The maximum Gasteiger partial charge on any atom is 0.255 e. The summed E-state index contributed by atoms with van der Waals surface area (Å²) in [6.45, 7) is 0. The monoisotopic (exact) mass is 331 g/mol. The number of nitrogens with two attached hydrogens (primary N) is 1. The van der Waals surface area contributed by atoms with Crippen molar-refractivity contribution in [1.29, 1.82) is 0 Å². The molecule has 122 valence electrons. The highest BCUT2D eigenvalue weighted by molar-refractivity contribution is 6.06. The van der Waals surface area contributed by atoms with Crippen LogP contribution in [-0.4, -0.2) is 10.9 Å². The number of aromatic nitrogens is 1. The number of nitrogens with zero attached hydrogens (tertiary/aromatic N) is 1. The molecule has 0 aliphatic heterocycles. The van der Waals surface area contributed by atoms with E-state index < -0.39 is 0 Å². The molecule has 0 radical (unpaired) electrons. The number of amides is 1. The number of anilines is 2. The van der Waals surface area contributed by atoms with Gasteiger partial charge in [0.15, 0.2) is 5.82 Å². The van der Waals surface area contributed by atoms with Crippen molar-refractivity contribution in [2.75, 3.05) is 11.1 Å². The number of rotatable bonds is 2. The molecule has 0 aliphatic carbocycles. The van der Waals surface area contributed by atoms with Gasteiger partial charge in [0.2, 0.25) is 11.1 Å². The third kappa shape index (κ3) is 2.59. The Bertz CT molecular complexity index is 1170. The number of pyridine rings is 1. The molecule has 2 aromatic heterocycles. The molecule has 0 unspecified atom stereocenters. The predicted octanol–water partition coefficient (Wildman–Crippen LogP) is 3.18. The van der Waals surface area contributed by atoms with E-state index in [0.717, 1.165) is 0 Å². The molecule has 6 heteroatoms. The fraction of sp³-hybridized carbons (Fsp3) is 0. The molecule has 0 spiro atoms. The fourth-order valence-electron chi connectivity index (χ4n) is 2.63. The maximum absolute atomic E-state index is 12.7. The molecule has 4 rings (SSSR count). The molecule has 0 fully saturated rings. The van der Waals surface area contributed by atoms with Crippen LogP contribution in [0.1, 0.15) is 10.4 Å². The second-order valence-electron chi connectivity index (χ2n) is 5.52. The van der Waals surface area contributed by atoms with E-state index in [1.807, 2.05) is 6.07 Å². The quantitative estimate of drug-likeness (QED) is 0.550. The maximum atomic E-state index is 12.7. The van der Waals surface area contributed by atoms with Crippen LogP contribution in [0.5, 0.6) is 0 Å². The van der Waals surface area contributed by atoms with Crippen LogP contribution in [-0.2, 0) is 0 Å². The molecule has 6 nitrogen and oxygen atoms in total. The van der Waals surface area contributed by atoms with Crippen LogP contribution in [0.3, 0.4) is 0 Å². The van der Waals surface area contributed by atoms with E-state index in [1.165, 1.54) is 6.07 Å². The zero-order valence-corrected chi connectivity index (χ0v) is 13.0. The number of para-hydroxylation sites is 1. The van der Waals surface area contributed by atoms with Gasteiger partial charge in [0, 0.05) is 5.56 Å². The molecule has 2 aromatic carbocycles. The van der Waals surface area contributed by atoms with Crippen LogP contribution in [0.15, 0.2) is 69.9 Å². The van der Waals surface area contributed by atoms with Crippen molar-refractivity contribution in [2.24, 2.45) is 0 Å². The number of carbonyl (C=O) groups excluding carboxylic acids is 1. The summed E-state index contributed by atoms with van der Waals surface area (Å²) in [7, 11) is 0. The topological polar surface area (TPSA) is 98.2 Å². The molecule has 0 aliphatic rings. The van der Waals surface area contributed by atoms with Crippen molar-refractivity contribution in [1.82, 2.24) is 4.98 Å². The Balaban J connectivity index is 1.84. The summed E-state index contributed by atoms with van der Waals surface area (Å²) in [6.07, 6.45) is 0. The van der Waals surface area contributed by atoms with Crippen molar-refractivity contribution in [3.8, 4) is 0 Å². The van der Waals surface area contributed by atoms with E-state index in [2.05, 4.69) is 10.3 Å². The summed E-state index contributed by atoms with van der Waals surface area (Å²) in [4.78, 5) is 29.1. The van der Waals surface area contributed by atoms with Crippen LogP contribution in [0.2, 0.25) is 0 Å². The lowest BCUT2D eigenvalue weighted by molar-refractivity contribution is 0.102. The largest absolute Gasteiger partial charge is 0.437 e. The number of benzene rings is 2. The number of hydrogen-bond acceptors (Lipinski definition) is 5. The number of carbonyl (C=O) groups is 1. The van der Waals surface area contributed by atoms with Gasteiger partial charge in [-0.25, -0.2) is 0 Å². The summed E-state index contributed by atoms with van der Waals surface area (Å²) in [5.41, 5.74) is 7.02. The summed E-state index contributed by atoms with van der Waals surface area (Å²) in [5.74, 6) is -0.256.